The molecule has 3 heterocycles. The Labute approximate surface area is 182 Å². The second kappa shape index (κ2) is 9.55. The maximum absolute atomic E-state index is 13.3. The van der Waals surface area contributed by atoms with Crippen LogP contribution < -0.4 is 5.56 Å². The Morgan fingerprint density at radius 1 is 1.34 bits per heavy atom. The van der Waals surface area contributed by atoms with E-state index < -0.39 is 0 Å². The minimum atomic E-state index is 0.0858. The molecule has 4 rings (SSSR count). The number of fused-ring (bicyclic) bond motifs is 3. The van der Waals surface area contributed by atoms with Crippen molar-refractivity contribution in [1.82, 2.24) is 9.55 Å². The van der Waals surface area contributed by atoms with Crippen LogP contribution in [0, 0.1) is 0 Å². The Hall–Kier alpha value is -1.48. The van der Waals surface area contributed by atoms with Gasteiger partial charge in [0, 0.05) is 37.3 Å². The zero-order chi connectivity index (χ0) is 20.2. The first-order valence-corrected chi connectivity index (χ1v) is 12.6. The largest absolute Gasteiger partial charge is 0.385 e. The highest BCUT2D eigenvalue weighted by atomic mass is 32.2. The number of hydrogen-bond acceptors (Lipinski definition) is 7. The number of nitrogens with zero attached hydrogens (tertiary/aromatic N) is 2. The quantitative estimate of drug-likeness (QED) is 0.193. The minimum absolute atomic E-state index is 0.0858. The number of aryl methyl sites for hydroxylation is 2. The van der Waals surface area contributed by atoms with Gasteiger partial charge in [-0.3, -0.25) is 14.2 Å². The van der Waals surface area contributed by atoms with Crippen LogP contribution in [0.1, 0.15) is 45.8 Å². The molecule has 0 bridgehead atoms. The number of thioether (sulfide) groups is 1. The van der Waals surface area contributed by atoms with Crippen molar-refractivity contribution in [3.8, 4) is 0 Å². The fraction of sp³-hybridized carbons (Fsp3) is 0.476. The predicted octanol–water partition coefficient (Wildman–Crippen LogP) is 4.80. The van der Waals surface area contributed by atoms with Crippen LogP contribution in [-0.2, 0) is 24.1 Å². The lowest BCUT2D eigenvalue weighted by Crippen LogP contribution is -2.24. The summed E-state index contributed by atoms with van der Waals surface area (Å²) in [5.41, 5.74) is 1.31. The van der Waals surface area contributed by atoms with Crippen LogP contribution in [0.25, 0.3) is 10.2 Å². The van der Waals surface area contributed by atoms with E-state index in [9.17, 15) is 9.59 Å². The molecule has 3 aromatic heterocycles. The first-order chi connectivity index (χ1) is 14.2. The molecule has 0 saturated carbocycles. The molecule has 3 aromatic rings. The Morgan fingerprint density at radius 2 is 2.24 bits per heavy atom. The average molecular weight is 449 g/mol. The molecule has 0 aliphatic heterocycles. The molecule has 8 heteroatoms. The van der Waals surface area contributed by atoms with Crippen molar-refractivity contribution in [3.05, 3.63) is 43.2 Å². The molecule has 0 amide bonds. The number of carbonyl (C=O) groups excluding carboxylic acids is 1. The van der Waals surface area contributed by atoms with Gasteiger partial charge >= 0.3 is 0 Å². The molecule has 0 atom stereocenters. The number of Topliss-reactive ketones (excluding diaryl/α,β-unsaturated/α-hetero) is 1. The van der Waals surface area contributed by atoms with Crippen molar-refractivity contribution >= 4 is 50.4 Å². The average Bonchev–Trinajstić information content (AvgIpc) is 3.44. The van der Waals surface area contributed by atoms with Gasteiger partial charge in [0.05, 0.1) is 10.3 Å². The zero-order valence-corrected chi connectivity index (χ0v) is 18.9. The molecule has 1 aliphatic rings. The lowest BCUT2D eigenvalue weighted by Gasteiger charge is -2.12. The highest BCUT2D eigenvalue weighted by Gasteiger charge is 2.23. The van der Waals surface area contributed by atoms with Crippen molar-refractivity contribution in [3.63, 3.8) is 0 Å². The van der Waals surface area contributed by atoms with Crippen LogP contribution in [0.15, 0.2) is 27.5 Å². The predicted molar refractivity (Wildman–Crippen MR) is 121 cm³/mol. The lowest BCUT2D eigenvalue weighted by atomic mass is 10.2. The maximum atomic E-state index is 13.3. The van der Waals surface area contributed by atoms with E-state index in [-0.39, 0.29) is 11.3 Å². The number of carbonyl (C=O) groups is 1. The normalized spacial score (nSPS) is 13.3. The van der Waals surface area contributed by atoms with Gasteiger partial charge in [-0.1, -0.05) is 17.8 Å². The molecule has 0 radical (unpaired) electrons. The van der Waals surface area contributed by atoms with Crippen LogP contribution in [-0.4, -0.2) is 34.8 Å². The fourth-order valence-corrected chi connectivity index (χ4v) is 6.65. The second-order valence-corrected chi connectivity index (χ2v) is 10.2. The van der Waals surface area contributed by atoms with Gasteiger partial charge in [0.25, 0.3) is 5.56 Å². The van der Waals surface area contributed by atoms with E-state index in [1.54, 1.807) is 30.2 Å². The molecule has 0 saturated heterocycles. The summed E-state index contributed by atoms with van der Waals surface area (Å²) in [7, 11) is 1.68. The zero-order valence-electron chi connectivity index (χ0n) is 16.4. The number of ketones is 1. The van der Waals surface area contributed by atoms with E-state index in [1.165, 1.54) is 21.8 Å². The molecule has 0 N–H and O–H groups in total. The molecule has 29 heavy (non-hydrogen) atoms. The van der Waals surface area contributed by atoms with Gasteiger partial charge in [0.15, 0.2) is 10.9 Å². The van der Waals surface area contributed by atoms with Crippen molar-refractivity contribution < 1.29 is 9.53 Å². The standard InChI is InChI=1S/C21H24N2O3S3/c1-26-11-5-10-23-20(25)18-14-6-2-8-16(14)29-19(18)22-21(23)28-13-3-7-15(24)17-9-4-12-27-17/h4,9,12H,2-3,5-8,10-11,13H2,1H3. The summed E-state index contributed by atoms with van der Waals surface area (Å²) in [5.74, 6) is 0.959. The van der Waals surface area contributed by atoms with Crippen molar-refractivity contribution in [2.45, 2.75) is 50.2 Å². The molecule has 0 spiro atoms. The van der Waals surface area contributed by atoms with Gasteiger partial charge in [-0.15, -0.1) is 22.7 Å². The molecule has 1 aliphatic carbocycles. The fourth-order valence-electron chi connectivity index (χ4n) is 3.69. The van der Waals surface area contributed by atoms with Crippen molar-refractivity contribution in [1.29, 1.82) is 0 Å². The van der Waals surface area contributed by atoms with E-state index in [0.29, 0.717) is 19.6 Å². The SMILES string of the molecule is COCCCn1c(SCCCC(=O)c2cccs2)nc2sc3c(c2c1=O)CCC3. The summed E-state index contributed by atoms with van der Waals surface area (Å²) >= 11 is 4.75. The van der Waals surface area contributed by atoms with Crippen LogP contribution >= 0.6 is 34.4 Å². The third kappa shape index (κ3) is 4.50. The van der Waals surface area contributed by atoms with Crippen molar-refractivity contribution in [2.24, 2.45) is 0 Å². The molecule has 0 aromatic carbocycles. The van der Waals surface area contributed by atoms with Gasteiger partial charge < -0.3 is 4.74 Å². The Balaban J connectivity index is 1.51. The van der Waals surface area contributed by atoms with Gasteiger partial charge in [-0.25, -0.2) is 4.98 Å². The molecular weight excluding hydrogens is 424 g/mol. The smallest absolute Gasteiger partial charge is 0.263 e. The lowest BCUT2D eigenvalue weighted by molar-refractivity contribution is 0.0986. The first kappa shape index (κ1) is 20.8. The van der Waals surface area contributed by atoms with Gasteiger partial charge in [-0.2, -0.15) is 0 Å². The molecule has 0 unspecified atom stereocenters. The van der Waals surface area contributed by atoms with Crippen LogP contribution in [0.5, 0.6) is 0 Å². The summed E-state index contributed by atoms with van der Waals surface area (Å²) in [6.07, 6.45) is 5.26. The number of ether oxygens (including phenoxy) is 1. The second-order valence-electron chi connectivity index (χ2n) is 7.09. The molecule has 0 fully saturated rings. The summed E-state index contributed by atoms with van der Waals surface area (Å²) in [4.78, 5) is 33.4. The number of aromatic nitrogens is 2. The number of rotatable bonds is 10. The van der Waals surface area contributed by atoms with E-state index >= 15 is 0 Å². The van der Waals surface area contributed by atoms with E-state index in [2.05, 4.69) is 0 Å². The molecule has 5 nitrogen and oxygen atoms in total. The number of hydrogen-bond donors (Lipinski definition) is 0. The Morgan fingerprint density at radius 3 is 3.03 bits per heavy atom. The third-order valence-corrected chi connectivity index (χ3v) is 8.25. The molecular formula is C21H24N2O3S3. The topological polar surface area (TPSA) is 61.2 Å². The van der Waals surface area contributed by atoms with E-state index in [4.69, 9.17) is 9.72 Å². The van der Waals surface area contributed by atoms with Gasteiger partial charge in [0.1, 0.15) is 4.83 Å². The van der Waals surface area contributed by atoms with Crippen LogP contribution in [0.4, 0.5) is 0 Å². The Bertz CT molecular complexity index is 1050. The minimum Gasteiger partial charge on any atom is -0.385 e. The van der Waals surface area contributed by atoms with Gasteiger partial charge in [0.2, 0.25) is 0 Å². The highest BCUT2D eigenvalue weighted by molar-refractivity contribution is 7.99. The maximum Gasteiger partial charge on any atom is 0.263 e. The van der Waals surface area contributed by atoms with Crippen LogP contribution in [0.2, 0.25) is 0 Å². The number of methoxy groups -OCH3 is 1. The molecule has 154 valence electrons. The number of thiophene rings is 2. The monoisotopic (exact) mass is 448 g/mol. The van der Waals surface area contributed by atoms with Crippen LogP contribution in [0.3, 0.4) is 0 Å². The first-order valence-electron chi connectivity index (χ1n) is 9.92. The summed E-state index contributed by atoms with van der Waals surface area (Å²) in [6.45, 7) is 1.22. The van der Waals surface area contributed by atoms with E-state index in [0.717, 1.165) is 58.1 Å². The summed E-state index contributed by atoms with van der Waals surface area (Å²) in [5, 5.41) is 3.53. The van der Waals surface area contributed by atoms with E-state index in [1.807, 2.05) is 22.1 Å². The Kier molecular flexibility index (Phi) is 6.85. The summed E-state index contributed by atoms with van der Waals surface area (Å²) in [6, 6.07) is 3.78. The summed E-state index contributed by atoms with van der Waals surface area (Å²) < 4.78 is 6.99. The van der Waals surface area contributed by atoms with Crippen molar-refractivity contribution in [2.75, 3.05) is 19.5 Å². The van der Waals surface area contributed by atoms with Gasteiger partial charge in [-0.05, 0) is 49.1 Å². The third-order valence-electron chi connectivity index (χ3n) is 5.10. The highest BCUT2D eigenvalue weighted by Crippen LogP contribution is 2.35.